The van der Waals surface area contributed by atoms with Gasteiger partial charge >= 0.3 is 0 Å². The molecule has 2 aromatic rings. The van der Waals surface area contributed by atoms with Crippen LogP contribution in [-0.2, 0) is 4.79 Å². The van der Waals surface area contributed by atoms with Crippen molar-refractivity contribution in [2.75, 3.05) is 0 Å². The lowest BCUT2D eigenvalue weighted by atomic mass is 9.85. The normalized spacial score (nSPS) is 12.4. The summed E-state index contributed by atoms with van der Waals surface area (Å²) in [6, 6.07) is 15.0. The van der Waals surface area contributed by atoms with Crippen LogP contribution in [0.3, 0.4) is 0 Å². The van der Waals surface area contributed by atoms with Crippen LogP contribution in [0.15, 0.2) is 48.5 Å². The fraction of sp³-hybridized carbons (Fsp3) is 0.350. The molecule has 0 saturated heterocycles. The molecule has 116 valence electrons. The minimum atomic E-state index is -0.232. The zero-order valence-corrected chi connectivity index (χ0v) is 13.5. The van der Waals surface area contributed by atoms with Gasteiger partial charge in [0, 0.05) is 18.3 Å². The van der Waals surface area contributed by atoms with E-state index >= 15 is 0 Å². The molecule has 0 heterocycles. The maximum Gasteiger partial charge on any atom is 0.135 e. The van der Waals surface area contributed by atoms with Gasteiger partial charge in [-0.1, -0.05) is 55.8 Å². The maximum absolute atomic E-state index is 13.2. The quantitative estimate of drug-likeness (QED) is 0.710. The predicted octanol–water partition coefficient (Wildman–Crippen LogP) is 5.27. The van der Waals surface area contributed by atoms with Gasteiger partial charge in [-0.25, -0.2) is 4.39 Å². The van der Waals surface area contributed by atoms with Gasteiger partial charge in [0.2, 0.25) is 0 Å². The summed E-state index contributed by atoms with van der Waals surface area (Å²) in [6.45, 7) is 5.92. The highest BCUT2D eigenvalue weighted by Crippen LogP contribution is 2.30. The minimum absolute atomic E-state index is 0.0619. The van der Waals surface area contributed by atoms with Crippen molar-refractivity contribution in [1.29, 1.82) is 0 Å². The molecule has 0 fully saturated rings. The van der Waals surface area contributed by atoms with E-state index in [0.717, 1.165) is 12.0 Å². The van der Waals surface area contributed by atoms with Gasteiger partial charge in [0.25, 0.3) is 0 Å². The van der Waals surface area contributed by atoms with E-state index in [-0.39, 0.29) is 23.4 Å². The van der Waals surface area contributed by atoms with Gasteiger partial charge in [-0.2, -0.15) is 0 Å². The molecule has 1 nitrogen and oxygen atoms in total. The van der Waals surface area contributed by atoms with Crippen LogP contribution in [0.1, 0.15) is 49.3 Å². The number of carbonyl (C=O) groups is 1. The lowest BCUT2D eigenvalue weighted by molar-refractivity contribution is -0.122. The minimum Gasteiger partial charge on any atom is -0.299 e. The molecular formula is C20H23FO. The van der Waals surface area contributed by atoms with Crippen LogP contribution >= 0.6 is 0 Å². The SMILES string of the molecule is Cc1ccc(C(CCC(=O)C(C)C)c2ccc(F)cc2)cc1. The van der Waals surface area contributed by atoms with Crippen molar-refractivity contribution < 1.29 is 9.18 Å². The number of benzene rings is 2. The topological polar surface area (TPSA) is 17.1 Å². The summed E-state index contributed by atoms with van der Waals surface area (Å²) in [4.78, 5) is 12.0. The Bertz CT molecular complexity index is 566. The average Bonchev–Trinajstić information content (AvgIpc) is 2.50. The zero-order chi connectivity index (χ0) is 16.1. The molecular weight excluding hydrogens is 275 g/mol. The molecule has 0 aliphatic rings. The molecule has 22 heavy (non-hydrogen) atoms. The van der Waals surface area contributed by atoms with Gasteiger partial charge in [-0.3, -0.25) is 4.79 Å². The van der Waals surface area contributed by atoms with Crippen molar-refractivity contribution in [2.24, 2.45) is 5.92 Å². The van der Waals surface area contributed by atoms with Crippen molar-refractivity contribution in [3.8, 4) is 0 Å². The van der Waals surface area contributed by atoms with Crippen molar-refractivity contribution in [3.63, 3.8) is 0 Å². The van der Waals surface area contributed by atoms with Gasteiger partial charge in [0.1, 0.15) is 11.6 Å². The summed E-state index contributed by atoms with van der Waals surface area (Å²) in [5.41, 5.74) is 3.44. The molecule has 0 amide bonds. The molecule has 0 spiro atoms. The molecule has 0 aliphatic carbocycles. The molecule has 0 radical (unpaired) electrons. The third kappa shape index (κ3) is 4.27. The first-order valence-electron chi connectivity index (χ1n) is 7.82. The molecule has 2 rings (SSSR count). The Balaban J connectivity index is 2.25. The monoisotopic (exact) mass is 298 g/mol. The number of aryl methyl sites for hydroxylation is 1. The number of ketones is 1. The number of Topliss-reactive ketones (excluding diaryl/α,β-unsaturated/α-hetero) is 1. The predicted molar refractivity (Wildman–Crippen MR) is 88.5 cm³/mol. The highest BCUT2D eigenvalue weighted by molar-refractivity contribution is 5.80. The number of rotatable bonds is 6. The van der Waals surface area contributed by atoms with E-state index < -0.39 is 0 Å². The van der Waals surface area contributed by atoms with E-state index in [9.17, 15) is 9.18 Å². The van der Waals surface area contributed by atoms with Crippen LogP contribution in [0.2, 0.25) is 0 Å². The molecule has 2 aromatic carbocycles. The summed E-state index contributed by atoms with van der Waals surface area (Å²) in [6.07, 6.45) is 1.30. The number of halogens is 1. The first-order chi connectivity index (χ1) is 10.5. The molecule has 0 aliphatic heterocycles. The fourth-order valence-corrected chi connectivity index (χ4v) is 2.59. The van der Waals surface area contributed by atoms with Gasteiger partial charge < -0.3 is 0 Å². The molecule has 0 N–H and O–H groups in total. The summed E-state index contributed by atoms with van der Waals surface area (Å²) in [5.74, 6) is 0.236. The Kier molecular flexibility index (Phi) is 5.48. The fourth-order valence-electron chi connectivity index (χ4n) is 2.59. The lowest BCUT2D eigenvalue weighted by Crippen LogP contribution is -2.10. The van der Waals surface area contributed by atoms with Crippen LogP contribution in [-0.4, -0.2) is 5.78 Å². The highest BCUT2D eigenvalue weighted by atomic mass is 19.1. The molecule has 1 atom stereocenters. The number of carbonyl (C=O) groups excluding carboxylic acids is 1. The van der Waals surface area contributed by atoms with Crippen LogP contribution in [0.5, 0.6) is 0 Å². The van der Waals surface area contributed by atoms with Crippen molar-refractivity contribution in [2.45, 2.75) is 39.5 Å². The van der Waals surface area contributed by atoms with E-state index in [0.29, 0.717) is 6.42 Å². The second-order valence-corrected chi connectivity index (χ2v) is 6.17. The van der Waals surface area contributed by atoms with E-state index in [1.807, 2.05) is 26.0 Å². The second-order valence-electron chi connectivity index (χ2n) is 6.17. The Morgan fingerprint density at radius 2 is 1.45 bits per heavy atom. The Hall–Kier alpha value is -1.96. The highest BCUT2D eigenvalue weighted by Gasteiger charge is 2.17. The first kappa shape index (κ1) is 16.4. The van der Waals surface area contributed by atoms with E-state index in [4.69, 9.17) is 0 Å². The number of hydrogen-bond acceptors (Lipinski definition) is 1. The summed E-state index contributed by atoms with van der Waals surface area (Å²) >= 11 is 0. The largest absolute Gasteiger partial charge is 0.299 e. The molecule has 0 bridgehead atoms. The summed E-state index contributed by atoms with van der Waals surface area (Å²) < 4.78 is 13.2. The summed E-state index contributed by atoms with van der Waals surface area (Å²) in [7, 11) is 0. The molecule has 1 unspecified atom stereocenters. The van der Waals surface area contributed by atoms with Crippen molar-refractivity contribution >= 4 is 5.78 Å². The van der Waals surface area contributed by atoms with Crippen LogP contribution in [0.4, 0.5) is 4.39 Å². The molecule has 0 saturated carbocycles. The van der Waals surface area contributed by atoms with Gasteiger partial charge in [0.15, 0.2) is 0 Å². The average molecular weight is 298 g/mol. The van der Waals surface area contributed by atoms with Crippen LogP contribution in [0.25, 0.3) is 0 Å². The number of hydrogen-bond donors (Lipinski definition) is 0. The Morgan fingerprint density at radius 3 is 1.95 bits per heavy atom. The molecule has 2 heteroatoms. The standard InChI is InChI=1S/C20H23FO/c1-14(2)20(22)13-12-19(16-6-4-15(3)5-7-16)17-8-10-18(21)11-9-17/h4-11,14,19H,12-13H2,1-3H3. The Labute approximate surface area is 132 Å². The van der Waals surface area contributed by atoms with Crippen molar-refractivity contribution in [1.82, 2.24) is 0 Å². The zero-order valence-electron chi connectivity index (χ0n) is 13.5. The van der Waals surface area contributed by atoms with Gasteiger partial charge in [0.05, 0.1) is 0 Å². The Morgan fingerprint density at radius 1 is 0.955 bits per heavy atom. The third-order valence-electron chi connectivity index (χ3n) is 4.08. The van der Waals surface area contributed by atoms with E-state index in [1.54, 1.807) is 0 Å². The third-order valence-corrected chi connectivity index (χ3v) is 4.08. The van der Waals surface area contributed by atoms with Crippen molar-refractivity contribution in [3.05, 3.63) is 71.0 Å². The summed E-state index contributed by atoms with van der Waals surface area (Å²) in [5, 5.41) is 0. The lowest BCUT2D eigenvalue weighted by Gasteiger charge is -2.18. The van der Waals surface area contributed by atoms with Crippen LogP contribution < -0.4 is 0 Å². The van der Waals surface area contributed by atoms with E-state index in [2.05, 4.69) is 31.2 Å². The molecule has 0 aromatic heterocycles. The maximum atomic E-state index is 13.2. The smallest absolute Gasteiger partial charge is 0.135 e. The van der Waals surface area contributed by atoms with E-state index in [1.165, 1.54) is 23.3 Å². The van der Waals surface area contributed by atoms with Crippen LogP contribution in [0, 0.1) is 18.7 Å². The second kappa shape index (κ2) is 7.35. The first-order valence-corrected chi connectivity index (χ1v) is 7.82. The van der Waals surface area contributed by atoms with Gasteiger partial charge in [-0.05, 0) is 36.6 Å². The van der Waals surface area contributed by atoms with Gasteiger partial charge in [-0.15, -0.1) is 0 Å².